The van der Waals surface area contributed by atoms with Crippen molar-refractivity contribution in [2.45, 2.75) is 6.18 Å². The lowest BCUT2D eigenvalue weighted by atomic mass is 10.3. The fourth-order valence-electron chi connectivity index (χ4n) is 2.21. The number of anilines is 3. The molecule has 0 aliphatic heterocycles. The molecule has 0 aliphatic rings. The molecule has 2 N–H and O–H groups in total. The maximum absolute atomic E-state index is 12.6. The van der Waals surface area contributed by atoms with Crippen molar-refractivity contribution in [1.29, 1.82) is 0 Å². The van der Waals surface area contributed by atoms with Gasteiger partial charge in [0, 0.05) is 16.7 Å². The van der Waals surface area contributed by atoms with E-state index in [1.54, 1.807) is 18.2 Å². The van der Waals surface area contributed by atoms with E-state index >= 15 is 0 Å². The lowest BCUT2D eigenvalue weighted by molar-refractivity contribution is -0.106. The lowest BCUT2D eigenvalue weighted by Gasteiger charge is -2.20. The molecule has 0 radical (unpaired) electrons. The molecule has 0 saturated carbocycles. The van der Waals surface area contributed by atoms with Gasteiger partial charge in [0.05, 0.1) is 17.8 Å². The number of aromatic nitrogens is 1. The number of pyridine rings is 1. The number of nitrogens with zero attached hydrogens (tertiary/aromatic N) is 1. The van der Waals surface area contributed by atoms with Crippen LogP contribution in [0.25, 0.3) is 0 Å². The molecule has 1 aromatic carbocycles. The number of hydrogen-bond acceptors (Lipinski definition) is 5. The van der Waals surface area contributed by atoms with Crippen LogP contribution < -0.4 is 20.3 Å². The summed E-state index contributed by atoms with van der Waals surface area (Å²) in [5, 5.41) is 3.03. The molecule has 0 saturated heterocycles. The highest BCUT2D eigenvalue weighted by molar-refractivity contribution is 14.1. The molecule has 13 heteroatoms. The quantitative estimate of drug-likeness (QED) is 0.535. The third kappa shape index (κ3) is 5.67. The van der Waals surface area contributed by atoms with Crippen molar-refractivity contribution in [3.8, 4) is 5.75 Å². The van der Waals surface area contributed by atoms with E-state index in [1.807, 2.05) is 27.3 Å². The Balaban J connectivity index is 2.60. The van der Waals surface area contributed by atoms with Gasteiger partial charge in [0.25, 0.3) is 5.56 Å². The van der Waals surface area contributed by atoms with Crippen LogP contribution in [0, 0.1) is 3.57 Å². The number of sulfonamides is 1. The fraction of sp³-hybridized carbons (Fsp3) is 0.267. The predicted molar refractivity (Wildman–Crippen MR) is 109 cm³/mol. The zero-order valence-electron chi connectivity index (χ0n) is 14.4. The van der Waals surface area contributed by atoms with Crippen LogP contribution in [0.15, 0.2) is 29.1 Å². The highest BCUT2D eigenvalue weighted by Crippen LogP contribution is 2.36. The number of rotatable bonds is 6. The minimum Gasteiger partial charge on any atom is -0.494 e. The molecule has 7 nitrogen and oxygen atoms in total. The zero-order valence-corrected chi connectivity index (χ0v) is 18.1. The molecule has 0 bridgehead atoms. The Kier molecular flexibility index (Phi) is 6.76. The molecule has 0 amide bonds. The Bertz CT molecular complexity index is 1060. The van der Waals surface area contributed by atoms with Crippen molar-refractivity contribution < 1.29 is 26.3 Å². The van der Waals surface area contributed by atoms with Crippen LogP contribution in [-0.2, 0) is 17.1 Å². The minimum absolute atomic E-state index is 0.141. The lowest BCUT2D eigenvalue weighted by Crippen LogP contribution is -2.29. The Morgan fingerprint density at radius 1 is 1.29 bits per heavy atom. The summed E-state index contributed by atoms with van der Waals surface area (Å²) in [6, 6.07) is 5.82. The van der Waals surface area contributed by atoms with Crippen LogP contribution in [0.1, 0.15) is 0 Å². The maximum Gasteiger partial charge on any atom is 0.404 e. The normalized spacial score (nSPS) is 12.0. The van der Waals surface area contributed by atoms with Gasteiger partial charge < -0.3 is 10.1 Å². The summed E-state index contributed by atoms with van der Waals surface area (Å²) >= 11 is 8.17. The van der Waals surface area contributed by atoms with Crippen LogP contribution in [0.3, 0.4) is 0 Å². The summed E-state index contributed by atoms with van der Waals surface area (Å²) in [5.74, 6) is -2.49. The van der Waals surface area contributed by atoms with Crippen LogP contribution in [0.5, 0.6) is 5.75 Å². The van der Waals surface area contributed by atoms with E-state index in [-0.39, 0.29) is 22.3 Å². The molecule has 0 spiro atoms. The molecule has 0 fully saturated rings. The second kappa shape index (κ2) is 8.37. The second-order valence-electron chi connectivity index (χ2n) is 5.56. The minimum atomic E-state index is -4.95. The van der Waals surface area contributed by atoms with Crippen molar-refractivity contribution in [2.75, 3.05) is 22.9 Å². The molecule has 0 unspecified atom stereocenters. The molecular formula is C15H14ClF3IN3O4S. The molecule has 1 aromatic heterocycles. The highest BCUT2D eigenvalue weighted by atomic mass is 127. The number of ether oxygens (including phenoxy) is 1. The molecule has 154 valence electrons. The molecule has 2 rings (SSSR count). The van der Waals surface area contributed by atoms with Crippen LogP contribution in [-0.4, -0.2) is 32.0 Å². The number of hydrogen-bond donors (Lipinski definition) is 2. The van der Waals surface area contributed by atoms with Crippen molar-refractivity contribution in [3.63, 3.8) is 0 Å². The monoisotopic (exact) mass is 551 g/mol. The first kappa shape index (κ1) is 22.6. The molecule has 1 heterocycles. The van der Waals surface area contributed by atoms with E-state index in [2.05, 4.69) is 5.32 Å². The van der Waals surface area contributed by atoms with Gasteiger partial charge in [-0.2, -0.15) is 13.2 Å². The van der Waals surface area contributed by atoms with E-state index in [1.165, 1.54) is 7.05 Å². The largest absolute Gasteiger partial charge is 0.494 e. The summed E-state index contributed by atoms with van der Waals surface area (Å²) < 4.78 is 70.3. The average molecular weight is 552 g/mol. The van der Waals surface area contributed by atoms with E-state index in [0.717, 1.165) is 21.3 Å². The topological polar surface area (TPSA) is 89.4 Å². The Hall–Kier alpha value is -1.67. The molecule has 0 aliphatic carbocycles. The van der Waals surface area contributed by atoms with Crippen molar-refractivity contribution in [3.05, 3.63) is 43.2 Å². The Morgan fingerprint density at radius 3 is 2.46 bits per heavy atom. The average Bonchev–Trinajstić information content (AvgIpc) is 2.53. The number of alkyl halides is 3. The highest BCUT2D eigenvalue weighted by Gasteiger charge is 2.36. The van der Waals surface area contributed by atoms with Crippen molar-refractivity contribution >= 4 is 61.4 Å². The van der Waals surface area contributed by atoms with Crippen molar-refractivity contribution in [1.82, 2.24) is 4.57 Å². The number of methoxy groups -OCH3 is 1. The Labute approximate surface area is 177 Å². The smallest absolute Gasteiger partial charge is 0.404 e. The fourth-order valence-corrected chi connectivity index (χ4v) is 4.12. The van der Waals surface area contributed by atoms with E-state index in [9.17, 15) is 26.4 Å². The van der Waals surface area contributed by atoms with Crippen LogP contribution in [0.2, 0.25) is 5.02 Å². The van der Waals surface area contributed by atoms with E-state index in [4.69, 9.17) is 16.3 Å². The zero-order chi connectivity index (χ0) is 21.3. The van der Waals surface area contributed by atoms with Gasteiger partial charge in [-0.25, -0.2) is 8.42 Å². The molecule has 0 atom stereocenters. The van der Waals surface area contributed by atoms with E-state index in [0.29, 0.717) is 5.69 Å². The first-order valence-corrected chi connectivity index (χ1v) is 10.5. The predicted octanol–water partition coefficient (Wildman–Crippen LogP) is 3.70. The molecular weight excluding hydrogens is 538 g/mol. The summed E-state index contributed by atoms with van der Waals surface area (Å²) in [5.41, 5.74) is -0.634. The SMILES string of the molecule is COc1cc(=O)n(C)c(Nc2ccc(I)cc2Cl)c1NS(=O)(=O)CC(F)(F)F. The van der Waals surface area contributed by atoms with Gasteiger partial charge in [0.1, 0.15) is 11.5 Å². The summed E-state index contributed by atoms with van der Waals surface area (Å²) in [6.45, 7) is 0. The third-order valence-electron chi connectivity index (χ3n) is 3.42. The van der Waals surface area contributed by atoms with Gasteiger partial charge in [-0.05, 0) is 40.8 Å². The second-order valence-corrected chi connectivity index (χ2v) is 8.93. The first-order valence-electron chi connectivity index (χ1n) is 7.40. The van der Waals surface area contributed by atoms with Gasteiger partial charge in [0.15, 0.2) is 11.5 Å². The van der Waals surface area contributed by atoms with Gasteiger partial charge >= 0.3 is 6.18 Å². The number of halogens is 5. The summed E-state index contributed by atoms with van der Waals surface area (Å²) in [4.78, 5) is 12.1. The maximum atomic E-state index is 12.6. The van der Waals surface area contributed by atoms with Crippen molar-refractivity contribution in [2.24, 2.45) is 7.05 Å². The van der Waals surface area contributed by atoms with Gasteiger partial charge in [-0.1, -0.05) is 11.6 Å². The van der Waals surface area contributed by atoms with Gasteiger partial charge in [-0.3, -0.25) is 14.1 Å². The first-order chi connectivity index (χ1) is 12.8. The molecule has 28 heavy (non-hydrogen) atoms. The van der Waals surface area contributed by atoms with Gasteiger partial charge in [-0.15, -0.1) is 0 Å². The number of nitrogens with one attached hydrogen (secondary N) is 2. The standard InChI is InChI=1S/C15H14ClF3IN3O4S/c1-23-12(24)6-11(27-2)13(22-28(25,26)7-15(17,18)19)14(23)21-10-4-3-8(20)5-9(10)16/h3-6,21-22H,7H2,1-2H3. The third-order valence-corrected chi connectivity index (χ3v) is 5.63. The number of benzene rings is 1. The molecule has 2 aromatic rings. The summed E-state index contributed by atoms with van der Waals surface area (Å²) in [6.07, 6.45) is -4.95. The Morgan fingerprint density at radius 2 is 1.93 bits per heavy atom. The summed E-state index contributed by atoms with van der Waals surface area (Å²) in [7, 11) is -2.37. The van der Waals surface area contributed by atoms with Gasteiger partial charge in [0.2, 0.25) is 10.0 Å². The van der Waals surface area contributed by atoms with Crippen LogP contribution >= 0.6 is 34.2 Å². The van der Waals surface area contributed by atoms with Crippen LogP contribution in [0.4, 0.5) is 30.4 Å². The van der Waals surface area contributed by atoms with E-state index < -0.39 is 27.5 Å².